The van der Waals surface area contributed by atoms with Gasteiger partial charge >= 0.3 is 0 Å². The minimum absolute atomic E-state index is 0.318. The summed E-state index contributed by atoms with van der Waals surface area (Å²) in [6.45, 7) is 1.43. The quantitative estimate of drug-likeness (QED) is 0.836. The fourth-order valence-corrected chi connectivity index (χ4v) is 2.31. The maximum absolute atomic E-state index is 13.5. The number of carbonyl (C=O) groups excluding carboxylic acids is 1. The molecule has 6 heteroatoms. The van der Waals surface area contributed by atoms with E-state index in [1.807, 2.05) is 0 Å². The van der Waals surface area contributed by atoms with Gasteiger partial charge in [0, 0.05) is 12.6 Å². The third-order valence-corrected chi connectivity index (χ3v) is 3.48. The molecular weight excluding hydrogens is 274 g/mol. The van der Waals surface area contributed by atoms with E-state index in [1.165, 1.54) is 0 Å². The number of nitrogens with one attached hydrogen (secondary N) is 2. The predicted molar refractivity (Wildman–Crippen MR) is 69.3 cm³/mol. The summed E-state index contributed by atoms with van der Waals surface area (Å²) >= 11 is 5.43. The van der Waals surface area contributed by atoms with Crippen LogP contribution < -0.4 is 10.6 Å². The third kappa shape index (κ3) is 3.64. The van der Waals surface area contributed by atoms with E-state index in [0.717, 1.165) is 37.9 Å². The number of rotatable bonds is 4. The smallest absolute Gasteiger partial charge is 0.254 e. The van der Waals surface area contributed by atoms with Crippen molar-refractivity contribution in [3.8, 4) is 0 Å². The van der Waals surface area contributed by atoms with Gasteiger partial charge in [0.15, 0.2) is 0 Å². The predicted octanol–water partition coefficient (Wildman–Crippen LogP) is 2.49. The molecule has 0 radical (unpaired) electrons. The highest BCUT2D eigenvalue weighted by Crippen LogP contribution is 2.19. The average molecular weight is 289 g/mol. The van der Waals surface area contributed by atoms with Crippen LogP contribution in [-0.2, 0) is 0 Å². The Morgan fingerprint density at radius 3 is 2.89 bits per heavy atom. The largest absolute Gasteiger partial charge is 0.352 e. The number of carbonyl (C=O) groups is 1. The Labute approximate surface area is 115 Å². The number of benzene rings is 1. The van der Waals surface area contributed by atoms with Crippen LogP contribution in [0.1, 0.15) is 29.6 Å². The second-order valence-corrected chi connectivity index (χ2v) is 4.99. The van der Waals surface area contributed by atoms with Crippen molar-refractivity contribution in [2.24, 2.45) is 0 Å². The maximum Gasteiger partial charge on any atom is 0.254 e. The summed E-state index contributed by atoms with van der Waals surface area (Å²) in [6.07, 6.45) is 3.00. The van der Waals surface area contributed by atoms with Crippen molar-refractivity contribution in [1.29, 1.82) is 0 Å². The molecule has 1 aliphatic rings. The molecule has 1 fully saturated rings. The molecule has 1 heterocycles. The van der Waals surface area contributed by atoms with Crippen LogP contribution in [0.2, 0.25) is 5.02 Å². The van der Waals surface area contributed by atoms with Crippen molar-refractivity contribution >= 4 is 17.5 Å². The van der Waals surface area contributed by atoms with E-state index in [2.05, 4.69) is 10.6 Å². The van der Waals surface area contributed by atoms with Gasteiger partial charge in [-0.15, -0.1) is 0 Å². The lowest BCUT2D eigenvalue weighted by Crippen LogP contribution is -2.31. The average Bonchev–Trinajstić information content (AvgIpc) is 2.86. The fraction of sp³-hybridized carbons (Fsp3) is 0.462. The van der Waals surface area contributed by atoms with Gasteiger partial charge in [-0.3, -0.25) is 4.79 Å². The van der Waals surface area contributed by atoms with E-state index in [1.54, 1.807) is 0 Å². The summed E-state index contributed by atoms with van der Waals surface area (Å²) in [5, 5.41) is 5.55. The van der Waals surface area contributed by atoms with Crippen molar-refractivity contribution < 1.29 is 13.6 Å². The lowest BCUT2D eigenvalue weighted by atomic mass is 10.1. The second-order valence-electron chi connectivity index (χ2n) is 4.58. The van der Waals surface area contributed by atoms with Crippen LogP contribution in [0.15, 0.2) is 12.1 Å². The molecule has 2 rings (SSSR count). The molecular formula is C13H15ClF2N2O. The minimum Gasteiger partial charge on any atom is -0.352 e. The zero-order valence-electron chi connectivity index (χ0n) is 10.3. The first kappa shape index (κ1) is 14.2. The molecule has 1 atom stereocenters. The van der Waals surface area contributed by atoms with E-state index >= 15 is 0 Å². The van der Waals surface area contributed by atoms with Gasteiger partial charge < -0.3 is 10.6 Å². The van der Waals surface area contributed by atoms with Gasteiger partial charge in [0.2, 0.25) is 0 Å². The number of hydrogen-bond acceptors (Lipinski definition) is 2. The Balaban J connectivity index is 1.90. The molecule has 3 nitrogen and oxygen atoms in total. The molecule has 0 spiro atoms. The summed E-state index contributed by atoms with van der Waals surface area (Å²) in [4.78, 5) is 11.7. The van der Waals surface area contributed by atoms with E-state index in [0.29, 0.717) is 12.6 Å². The first-order valence-electron chi connectivity index (χ1n) is 6.24. The van der Waals surface area contributed by atoms with Crippen LogP contribution in [0.5, 0.6) is 0 Å². The fourth-order valence-electron chi connectivity index (χ4n) is 2.15. The summed E-state index contributed by atoms with van der Waals surface area (Å²) in [7, 11) is 0. The molecule has 0 aliphatic carbocycles. The third-order valence-electron chi connectivity index (χ3n) is 3.20. The molecule has 1 amide bonds. The van der Waals surface area contributed by atoms with Crippen LogP contribution in [0.25, 0.3) is 0 Å². The minimum atomic E-state index is -0.817. The molecule has 0 aromatic heterocycles. The molecule has 0 saturated carbocycles. The Morgan fingerprint density at radius 2 is 2.21 bits per heavy atom. The number of hydrogen-bond donors (Lipinski definition) is 2. The Morgan fingerprint density at radius 1 is 1.42 bits per heavy atom. The lowest BCUT2D eigenvalue weighted by Gasteiger charge is -2.11. The summed E-state index contributed by atoms with van der Waals surface area (Å²) < 4.78 is 26.7. The van der Waals surface area contributed by atoms with Crippen molar-refractivity contribution in [2.75, 3.05) is 13.1 Å². The number of halogens is 3. The van der Waals surface area contributed by atoms with Gasteiger partial charge in [0.05, 0.1) is 10.6 Å². The number of amides is 1. The van der Waals surface area contributed by atoms with E-state index < -0.39 is 17.5 Å². The van der Waals surface area contributed by atoms with Gasteiger partial charge in [0.1, 0.15) is 11.6 Å². The molecule has 1 unspecified atom stereocenters. The molecule has 1 saturated heterocycles. The first-order chi connectivity index (χ1) is 9.08. The van der Waals surface area contributed by atoms with Crippen molar-refractivity contribution in [2.45, 2.75) is 25.3 Å². The highest BCUT2D eigenvalue weighted by Gasteiger charge is 2.17. The van der Waals surface area contributed by atoms with Gasteiger partial charge in [-0.1, -0.05) is 11.6 Å². The summed E-state index contributed by atoms with van der Waals surface area (Å²) in [5.41, 5.74) is -0.318. The van der Waals surface area contributed by atoms with Gasteiger partial charge in [-0.05, 0) is 37.9 Å². The van der Waals surface area contributed by atoms with Crippen molar-refractivity contribution in [1.82, 2.24) is 10.6 Å². The lowest BCUT2D eigenvalue weighted by molar-refractivity contribution is 0.0948. The first-order valence-corrected chi connectivity index (χ1v) is 6.62. The highest BCUT2D eigenvalue weighted by atomic mass is 35.5. The monoisotopic (exact) mass is 288 g/mol. The molecule has 19 heavy (non-hydrogen) atoms. The van der Waals surface area contributed by atoms with Crippen LogP contribution in [0.3, 0.4) is 0 Å². The van der Waals surface area contributed by atoms with Crippen molar-refractivity contribution in [3.63, 3.8) is 0 Å². The zero-order chi connectivity index (χ0) is 13.8. The summed E-state index contributed by atoms with van der Waals surface area (Å²) in [5.74, 6) is -2.24. The standard InChI is InChI=1S/C13H15ClF2N2O/c14-10-7-11(15)9(6-12(10)16)13(19)18-5-3-8-2-1-4-17-8/h6-8,17H,1-5H2,(H,18,19). The second kappa shape index (κ2) is 6.30. The molecule has 1 aromatic rings. The van der Waals surface area contributed by atoms with Crippen molar-refractivity contribution in [3.05, 3.63) is 34.4 Å². The van der Waals surface area contributed by atoms with Crippen LogP contribution in [-0.4, -0.2) is 25.0 Å². The van der Waals surface area contributed by atoms with Gasteiger partial charge in [-0.2, -0.15) is 0 Å². The van der Waals surface area contributed by atoms with E-state index in [9.17, 15) is 13.6 Å². The van der Waals surface area contributed by atoms with Gasteiger partial charge in [-0.25, -0.2) is 8.78 Å². The molecule has 104 valence electrons. The zero-order valence-corrected chi connectivity index (χ0v) is 11.1. The van der Waals surface area contributed by atoms with E-state index in [4.69, 9.17) is 11.6 Å². The molecule has 2 N–H and O–H groups in total. The molecule has 1 aromatic carbocycles. The SMILES string of the molecule is O=C(NCCC1CCCN1)c1cc(F)c(Cl)cc1F. The Bertz CT molecular complexity index is 476. The Hall–Kier alpha value is -1.20. The Kier molecular flexibility index (Phi) is 4.71. The molecule has 1 aliphatic heterocycles. The maximum atomic E-state index is 13.5. The molecule has 0 bridgehead atoms. The van der Waals surface area contributed by atoms with Crippen LogP contribution in [0, 0.1) is 11.6 Å². The summed E-state index contributed by atoms with van der Waals surface area (Å²) in [6, 6.07) is 2.03. The van der Waals surface area contributed by atoms with Crippen LogP contribution >= 0.6 is 11.6 Å². The topological polar surface area (TPSA) is 41.1 Å². The highest BCUT2D eigenvalue weighted by molar-refractivity contribution is 6.30. The normalized spacial score (nSPS) is 18.6. The van der Waals surface area contributed by atoms with E-state index in [-0.39, 0.29) is 10.6 Å². The van der Waals surface area contributed by atoms with Crippen LogP contribution in [0.4, 0.5) is 8.78 Å². The van der Waals surface area contributed by atoms with Gasteiger partial charge in [0.25, 0.3) is 5.91 Å².